The number of anilines is 1. The lowest BCUT2D eigenvalue weighted by Gasteiger charge is -2.20. The molecule has 0 fully saturated rings. The Balaban J connectivity index is 2.40. The number of alkyl halides is 3. The Morgan fingerprint density at radius 2 is 1.90 bits per heavy atom. The van der Waals surface area contributed by atoms with E-state index in [0.29, 0.717) is 0 Å². The van der Waals surface area contributed by atoms with E-state index < -0.39 is 16.8 Å². The van der Waals surface area contributed by atoms with Gasteiger partial charge in [0.25, 0.3) is 0 Å². The summed E-state index contributed by atoms with van der Waals surface area (Å²) in [6.07, 6.45) is -2.35. The highest BCUT2D eigenvalue weighted by Gasteiger charge is 2.33. The van der Waals surface area contributed by atoms with Gasteiger partial charge < -0.3 is 4.90 Å². The minimum absolute atomic E-state index is 0.152. The van der Waals surface area contributed by atoms with Gasteiger partial charge in [-0.1, -0.05) is 11.6 Å². The number of Topliss-reactive ketones (excluding diaryl/α,β-unsaturated/α-hetero) is 1. The van der Waals surface area contributed by atoms with Crippen LogP contribution in [0.1, 0.15) is 12.0 Å². The second-order valence-corrected chi connectivity index (χ2v) is 4.69. The molecule has 0 saturated heterocycles. The zero-order valence-corrected chi connectivity index (χ0v) is 10.8. The Morgan fingerprint density at radius 1 is 1.20 bits per heavy atom. The van der Waals surface area contributed by atoms with E-state index in [1.807, 2.05) is 0 Å². The summed E-state index contributed by atoms with van der Waals surface area (Å²) >= 11 is 5.53. The van der Waals surface area contributed by atoms with Crippen LogP contribution in [0.4, 0.5) is 18.9 Å². The van der Waals surface area contributed by atoms with Crippen molar-refractivity contribution in [1.82, 2.24) is 0 Å². The van der Waals surface area contributed by atoms with E-state index in [1.165, 1.54) is 23.2 Å². The predicted molar refractivity (Wildman–Crippen MR) is 67.6 cm³/mol. The van der Waals surface area contributed by atoms with Gasteiger partial charge in [-0.25, -0.2) is 0 Å². The highest BCUT2D eigenvalue weighted by atomic mass is 35.5. The first-order valence-corrected chi connectivity index (χ1v) is 6.01. The molecule has 3 nitrogen and oxygen atoms in total. The summed E-state index contributed by atoms with van der Waals surface area (Å²) in [5, 5.41) is -0.414. The second kappa shape index (κ2) is 5.28. The second-order valence-electron chi connectivity index (χ2n) is 4.29. The number of carbonyl (C=O) groups is 2. The van der Waals surface area contributed by atoms with Gasteiger partial charge in [0.15, 0.2) is 11.6 Å². The van der Waals surface area contributed by atoms with E-state index in [4.69, 9.17) is 11.6 Å². The molecule has 7 heteroatoms. The lowest BCUT2D eigenvalue weighted by molar-refractivity contribution is -0.137. The Morgan fingerprint density at radius 3 is 2.55 bits per heavy atom. The van der Waals surface area contributed by atoms with Crippen LogP contribution in [0.25, 0.3) is 0 Å². The smallest absolute Gasteiger partial charge is 0.340 e. The van der Waals surface area contributed by atoms with Gasteiger partial charge in [0.1, 0.15) is 0 Å². The highest BCUT2D eigenvalue weighted by molar-refractivity contribution is 6.31. The number of halogens is 4. The van der Waals surface area contributed by atoms with Crippen LogP contribution in [-0.4, -0.2) is 18.1 Å². The van der Waals surface area contributed by atoms with Crippen LogP contribution in [0.15, 0.2) is 30.5 Å². The van der Waals surface area contributed by atoms with Gasteiger partial charge in [-0.05, 0) is 24.3 Å². The number of ketones is 2. The molecule has 0 spiro atoms. The zero-order chi connectivity index (χ0) is 14.9. The predicted octanol–water partition coefficient (Wildman–Crippen LogP) is 3.22. The molecule has 0 aromatic heterocycles. The third-order valence-corrected chi connectivity index (χ3v) is 3.08. The van der Waals surface area contributed by atoms with Crippen LogP contribution >= 0.6 is 11.6 Å². The van der Waals surface area contributed by atoms with Crippen molar-refractivity contribution in [2.45, 2.75) is 12.6 Å². The maximum atomic E-state index is 12.8. The fraction of sp³-hybridized carbons (Fsp3) is 0.231. The molecule has 0 N–H and O–H groups in total. The molecule has 1 aromatic carbocycles. The molecule has 106 valence electrons. The van der Waals surface area contributed by atoms with Crippen LogP contribution in [-0.2, 0) is 15.8 Å². The molecule has 2 rings (SSSR count). The molecule has 1 aromatic rings. The molecule has 0 bridgehead atoms. The SMILES string of the molecule is O=C1C=CN(c2ccc(Cl)c(C(F)(F)F)c2)CC(=O)C1. The molecule has 0 radical (unpaired) electrons. The van der Waals surface area contributed by atoms with Crippen molar-refractivity contribution in [3.8, 4) is 0 Å². The standard InChI is InChI=1S/C13H9ClF3NO2/c14-12-2-1-8(5-11(12)13(15,16)17)18-4-3-9(19)6-10(20)7-18/h1-5H,6-7H2. The van der Waals surface area contributed by atoms with E-state index in [-0.39, 0.29) is 30.2 Å². The number of rotatable bonds is 1. The fourth-order valence-corrected chi connectivity index (χ4v) is 2.04. The zero-order valence-electron chi connectivity index (χ0n) is 10.1. The normalized spacial score (nSPS) is 16.5. The summed E-state index contributed by atoms with van der Waals surface area (Å²) in [5.74, 6) is -0.731. The molecular formula is C13H9ClF3NO2. The largest absolute Gasteiger partial charge is 0.417 e. The summed E-state index contributed by atoms with van der Waals surface area (Å²) < 4.78 is 38.3. The van der Waals surface area contributed by atoms with E-state index >= 15 is 0 Å². The summed E-state index contributed by atoms with van der Waals surface area (Å²) in [5.41, 5.74) is -0.825. The summed E-state index contributed by atoms with van der Waals surface area (Å²) in [6.45, 7) is -0.152. The Kier molecular flexibility index (Phi) is 3.85. The minimum atomic E-state index is -4.58. The maximum absolute atomic E-state index is 12.8. The number of allylic oxidation sites excluding steroid dienone is 1. The van der Waals surface area contributed by atoms with E-state index in [0.717, 1.165) is 12.1 Å². The molecule has 1 heterocycles. The van der Waals surface area contributed by atoms with E-state index in [1.54, 1.807) is 0 Å². The van der Waals surface area contributed by atoms with E-state index in [2.05, 4.69) is 0 Å². The summed E-state index contributed by atoms with van der Waals surface area (Å²) in [6, 6.07) is 3.34. The maximum Gasteiger partial charge on any atom is 0.417 e. The molecule has 0 unspecified atom stereocenters. The molecule has 0 amide bonds. The number of carbonyl (C=O) groups excluding carboxylic acids is 2. The van der Waals surface area contributed by atoms with Crippen LogP contribution in [0.2, 0.25) is 5.02 Å². The van der Waals surface area contributed by atoms with E-state index in [9.17, 15) is 22.8 Å². The van der Waals surface area contributed by atoms with Crippen LogP contribution in [0.5, 0.6) is 0 Å². The molecule has 0 aliphatic carbocycles. The van der Waals surface area contributed by atoms with Crippen molar-refractivity contribution in [3.63, 3.8) is 0 Å². The van der Waals surface area contributed by atoms with Gasteiger partial charge in [-0.3, -0.25) is 9.59 Å². The van der Waals surface area contributed by atoms with Crippen molar-refractivity contribution in [1.29, 1.82) is 0 Å². The topological polar surface area (TPSA) is 37.4 Å². The lowest BCUT2D eigenvalue weighted by atomic mass is 10.1. The third kappa shape index (κ3) is 3.19. The van der Waals surface area contributed by atoms with Crippen molar-refractivity contribution in [2.75, 3.05) is 11.4 Å². The Bertz CT molecular complexity index is 596. The van der Waals surface area contributed by atoms with Gasteiger partial charge in [-0.2, -0.15) is 13.2 Å². The lowest BCUT2D eigenvalue weighted by Crippen LogP contribution is -2.23. The molecule has 0 atom stereocenters. The summed E-state index contributed by atoms with van der Waals surface area (Å²) in [4.78, 5) is 24.0. The molecule has 0 saturated carbocycles. The Hall–Kier alpha value is -1.82. The quantitative estimate of drug-likeness (QED) is 0.748. The first kappa shape index (κ1) is 14.6. The fourth-order valence-electron chi connectivity index (χ4n) is 1.81. The molecule has 20 heavy (non-hydrogen) atoms. The first-order valence-electron chi connectivity index (χ1n) is 5.63. The average molecular weight is 304 g/mol. The van der Waals surface area contributed by atoms with Gasteiger partial charge >= 0.3 is 6.18 Å². The number of benzene rings is 1. The first-order chi connectivity index (χ1) is 9.27. The van der Waals surface area contributed by atoms with Crippen molar-refractivity contribution in [2.24, 2.45) is 0 Å². The third-order valence-electron chi connectivity index (χ3n) is 2.75. The van der Waals surface area contributed by atoms with Crippen molar-refractivity contribution >= 4 is 28.9 Å². The number of hydrogen-bond donors (Lipinski definition) is 0. The highest BCUT2D eigenvalue weighted by Crippen LogP contribution is 2.37. The van der Waals surface area contributed by atoms with Crippen molar-refractivity contribution in [3.05, 3.63) is 41.1 Å². The summed E-state index contributed by atoms with van der Waals surface area (Å²) in [7, 11) is 0. The van der Waals surface area contributed by atoms with Crippen molar-refractivity contribution < 1.29 is 22.8 Å². The number of hydrogen-bond acceptors (Lipinski definition) is 3. The van der Waals surface area contributed by atoms with Gasteiger partial charge in [0.2, 0.25) is 0 Å². The molecule has 1 aliphatic rings. The van der Waals surface area contributed by atoms with Gasteiger partial charge in [0.05, 0.1) is 23.6 Å². The average Bonchev–Trinajstić information content (AvgIpc) is 2.49. The van der Waals surface area contributed by atoms with Crippen LogP contribution in [0, 0.1) is 0 Å². The minimum Gasteiger partial charge on any atom is -0.340 e. The van der Waals surface area contributed by atoms with Gasteiger partial charge in [0, 0.05) is 11.9 Å². The van der Waals surface area contributed by atoms with Crippen LogP contribution in [0.3, 0.4) is 0 Å². The Labute approximate surface area is 117 Å². The van der Waals surface area contributed by atoms with Gasteiger partial charge in [-0.15, -0.1) is 0 Å². The molecular weight excluding hydrogens is 295 g/mol. The molecule has 1 aliphatic heterocycles. The monoisotopic (exact) mass is 303 g/mol. The number of nitrogens with zero attached hydrogens (tertiary/aromatic N) is 1. The van der Waals surface area contributed by atoms with Crippen LogP contribution < -0.4 is 4.90 Å².